The van der Waals surface area contributed by atoms with Gasteiger partial charge in [-0.05, 0) is 26.0 Å². The lowest BCUT2D eigenvalue weighted by Crippen LogP contribution is -2.49. The number of morpholine rings is 1. The molecule has 2 heterocycles. The van der Waals surface area contributed by atoms with Crippen LogP contribution in [0.25, 0.3) is 0 Å². The van der Waals surface area contributed by atoms with E-state index in [1.807, 2.05) is 0 Å². The Morgan fingerprint density at radius 1 is 1.24 bits per heavy atom. The number of carbonyl (C=O) groups is 3. The Hall–Kier alpha value is -2.49. The molecule has 2 aliphatic rings. The van der Waals surface area contributed by atoms with Gasteiger partial charge in [-0.1, -0.05) is 17.2 Å². The Morgan fingerprint density at radius 2 is 1.93 bits per heavy atom. The summed E-state index contributed by atoms with van der Waals surface area (Å²) in [4.78, 5) is 37.8. The summed E-state index contributed by atoms with van der Waals surface area (Å²) in [7, 11) is 0. The maximum Gasteiger partial charge on any atom is 0.261 e. The fraction of sp³-hybridized carbons (Fsp3) is 0.421. The summed E-state index contributed by atoms with van der Waals surface area (Å²) in [6.45, 7) is 5.56. The first-order valence-electron chi connectivity index (χ1n) is 9.16. The number of carbonyl (C=O) groups excluding carboxylic acids is 3. The topological polar surface area (TPSA) is 91.0 Å². The molecular weight excluding hydrogens is 403 g/mol. The van der Waals surface area contributed by atoms with Gasteiger partial charge in [-0.25, -0.2) is 14.3 Å². The lowest BCUT2D eigenvalue weighted by molar-refractivity contribution is -0.126. The van der Waals surface area contributed by atoms with Crippen molar-refractivity contribution in [1.29, 1.82) is 0 Å². The first kappa shape index (κ1) is 21.2. The fourth-order valence-electron chi connectivity index (χ4n) is 3.10. The van der Waals surface area contributed by atoms with Crippen molar-refractivity contribution in [1.82, 2.24) is 10.4 Å². The van der Waals surface area contributed by atoms with Crippen molar-refractivity contribution in [2.45, 2.75) is 20.3 Å². The number of nitrogens with zero attached hydrogens (tertiary/aromatic N) is 2. The molecule has 0 spiro atoms. The van der Waals surface area contributed by atoms with Gasteiger partial charge in [0.2, 0.25) is 5.91 Å². The Morgan fingerprint density at radius 3 is 2.55 bits per heavy atom. The van der Waals surface area contributed by atoms with Gasteiger partial charge in [0.1, 0.15) is 5.82 Å². The molecule has 156 valence electrons. The Labute approximate surface area is 172 Å². The molecule has 2 N–H and O–H groups in total. The molecule has 0 unspecified atom stereocenters. The number of benzene rings is 1. The van der Waals surface area contributed by atoms with E-state index in [4.69, 9.17) is 16.3 Å². The van der Waals surface area contributed by atoms with Crippen LogP contribution in [0.5, 0.6) is 0 Å². The average molecular weight is 425 g/mol. The smallest absolute Gasteiger partial charge is 0.261 e. The molecule has 1 aromatic carbocycles. The zero-order valence-electron chi connectivity index (χ0n) is 16.2. The number of anilines is 2. The second kappa shape index (κ2) is 8.89. The van der Waals surface area contributed by atoms with Crippen LogP contribution in [0, 0.1) is 5.82 Å². The number of halogens is 2. The van der Waals surface area contributed by atoms with E-state index in [1.54, 1.807) is 18.9 Å². The largest absolute Gasteiger partial charge is 0.379 e. The third-order valence-electron chi connectivity index (χ3n) is 4.65. The molecule has 29 heavy (non-hydrogen) atoms. The van der Waals surface area contributed by atoms with E-state index >= 15 is 0 Å². The van der Waals surface area contributed by atoms with Crippen molar-refractivity contribution < 1.29 is 23.5 Å². The Kier molecular flexibility index (Phi) is 6.51. The first-order chi connectivity index (χ1) is 13.8. The summed E-state index contributed by atoms with van der Waals surface area (Å²) < 4.78 is 19.7. The number of hydrazine groups is 1. The highest BCUT2D eigenvalue weighted by Gasteiger charge is 2.37. The number of ether oxygens (including phenoxy) is 1. The predicted molar refractivity (Wildman–Crippen MR) is 106 cm³/mol. The van der Waals surface area contributed by atoms with Gasteiger partial charge in [0.25, 0.3) is 11.8 Å². The summed E-state index contributed by atoms with van der Waals surface area (Å²) in [6.07, 6.45) is -0.0754. The molecule has 3 rings (SSSR count). The van der Waals surface area contributed by atoms with Crippen LogP contribution in [-0.4, -0.2) is 55.6 Å². The lowest BCUT2D eigenvalue weighted by Gasteiger charge is -2.27. The second-order valence-electron chi connectivity index (χ2n) is 6.96. The minimum absolute atomic E-state index is 0.0342. The summed E-state index contributed by atoms with van der Waals surface area (Å²) in [5.41, 5.74) is 3.83. The number of allylic oxidation sites excluding steroid dienone is 1. The third kappa shape index (κ3) is 4.75. The van der Waals surface area contributed by atoms with Crippen LogP contribution in [0.1, 0.15) is 20.3 Å². The molecule has 3 amide bonds. The molecule has 8 nitrogen and oxygen atoms in total. The van der Waals surface area contributed by atoms with Gasteiger partial charge in [-0.2, -0.15) is 0 Å². The molecule has 0 saturated carbocycles. The normalized spacial score (nSPS) is 17.7. The molecule has 0 bridgehead atoms. The number of rotatable bonds is 5. The Bertz CT molecular complexity index is 879. The molecule has 1 aromatic rings. The van der Waals surface area contributed by atoms with E-state index in [0.29, 0.717) is 37.4 Å². The molecular formula is C19H22ClFN4O4. The molecule has 2 fully saturated rings. The van der Waals surface area contributed by atoms with Gasteiger partial charge in [-0.3, -0.25) is 19.8 Å². The van der Waals surface area contributed by atoms with Crippen LogP contribution in [0.2, 0.25) is 5.02 Å². The Balaban J connectivity index is 1.74. The summed E-state index contributed by atoms with van der Waals surface area (Å²) in [5.74, 6) is -2.17. The second-order valence-corrected chi connectivity index (χ2v) is 7.37. The van der Waals surface area contributed by atoms with Crippen molar-refractivity contribution in [3.8, 4) is 0 Å². The van der Waals surface area contributed by atoms with Crippen molar-refractivity contribution in [3.63, 3.8) is 0 Å². The highest BCUT2D eigenvalue weighted by Crippen LogP contribution is 2.35. The highest BCUT2D eigenvalue weighted by molar-refractivity contribution is 6.34. The van der Waals surface area contributed by atoms with E-state index in [9.17, 15) is 18.8 Å². The van der Waals surface area contributed by atoms with E-state index in [0.717, 1.165) is 11.0 Å². The minimum Gasteiger partial charge on any atom is -0.379 e. The summed E-state index contributed by atoms with van der Waals surface area (Å²) in [6, 6.07) is 2.28. The van der Waals surface area contributed by atoms with Crippen molar-refractivity contribution in [2.75, 3.05) is 43.1 Å². The predicted octanol–water partition coefficient (Wildman–Crippen LogP) is 1.85. The van der Waals surface area contributed by atoms with Gasteiger partial charge in [0.15, 0.2) is 0 Å². The van der Waals surface area contributed by atoms with Gasteiger partial charge < -0.3 is 10.1 Å². The number of hydrogen-bond donors (Lipinski definition) is 2. The average Bonchev–Trinajstić information content (AvgIpc) is 2.96. The number of nitrogens with one attached hydrogen (secondary N) is 2. The van der Waals surface area contributed by atoms with Crippen LogP contribution in [0.15, 0.2) is 23.3 Å². The van der Waals surface area contributed by atoms with Crippen LogP contribution in [0.4, 0.5) is 15.8 Å². The molecule has 0 aromatic heterocycles. The zero-order valence-corrected chi connectivity index (χ0v) is 16.9. The SMILES string of the molecule is CC(C)=C1CC(=O)N(c2cc(NCC(=O)NN3CCOCC3)c(Cl)cc2F)C1=O. The van der Waals surface area contributed by atoms with E-state index in [2.05, 4.69) is 10.7 Å². The van der Waals surface area contributed by atoms with E-state index in [-0.39, 0.29) is 35.3 Å². The molecule has 2 saturated heterocycles. The van der Waals surface area contributed by atoms with Crippen molar-refractivity contribution >= 4 is 40.7 Å². The van der Waals surface area contributed by atoms with E-state index < -0.39 is 17.6 Å². The van der Waals surface area contributed by atoms with Crippen LogP contribution >= 0.6 is 11.6 Å². The molecule has 10 heteroatoms. The number of imide groups is 1. The number of hydrogen-bond acceptors (Lipinski definition) is 6. The van der Waals surface area contributed by atoms with E-state index in [1.165, 1.54) is 6.07 Å². The zero-order chi connectivity index (χ0) is 21.1. The molecule has 2 aliphatic heterocycles. The lowest BCUT2D eigenvalue weighted by atomic mass is 10.1. The van der Waals surface area contributed by atoms with Crippen LogP contribution in [-0.2, 0) is 19.1 Å². The van der Waals surface area contributed by atoms with Crippen molar-refractivity contribution in [2.24, 2.45) is 0 Å². The van der Waals surface area contributed by atoms with Crippen molar-refractivity contribution in [3.05, 3.63) is 34.1 Å². The minimum atomic E-state index is -0.796. The maximum atomic E-state index is 14.5. The summed E-state index contributed by atoms with van der Waals surface area (Å²) >= 11 is 6.08. The quantitative estimate of drug-likeness (QED) is 0.554. The van der Waals surface area contributed by atoms with Gasteiger partial charge >= 0.3 is 0 Å². The molecule has 0 radical (unpaired) electrons. The van der Waals surface area contributed by atoms with Gasteiger partial charge in [-0.15, -0.1) is 0 Å². The summed E-state index contributed by atoms with van der Waals surface area (Å²) in [5, 5.41) is 4.61. The molecule has 0 atom stereocenters. The maximum absolute atomic E-state index is 14.5. The van der Waals surface area contributed by atoms with Gasteiger partial charge in [0, 0.05) is 18.7 Å². The van der Waals surface area contributed by atoms with Crippen LogP contribution in [0.3, 0.4) is 0 Å². The monoisotopic (exact) mass is 424 g/mol. The number of amides is 3. The molecule has 0 aliphatic carbocycles. The first-order valence-corrected chi connectivity index (χ1v) is 9.54. The standard InChI is InChI=1S/C19H22ClFN4O4/c1-11(2)12-7-18(27)25(19(12)28)16-9-15(13(20)8-14(16)21)22-10-17(26)23-24-3-5-29-6-4-24/h8-9,22H,3-7,10H2,1-2H3,(H,23,26). The highest BCUT2D eigenvalue weighted by atomic mass is 35.5. The van der Waals surface area contributed by atoms with Crippen LogP contribution < -0.4 is 15.6 Å². The van der Waals surface area contributed by atoms with Gasteiger partial charge in [0.05, 0.1) is 42.6 Å². The fourth-order valence-corrected chi connectivity index (χ4v) is 3.32. The third-order valence-corrected chi connectivity index (χ3v) is 4.97.